The highest BCUT2D eigenvalue weighted by atomic mass is 32.2. The van der Waals surface area contributed by atoms with E-state index in [0.717, 1.165) is 25.3 Å². The highest BCUT2D eigenvalue weighted by Crippen LogP contribution is 2.37. The van der Waals surface area contributed by atoms with Crippen LogP contribution in [-0.4, -0.2) is 21.3 Å². The highest BCUT2D eigenvalue weighted by molar-refractivity contribution is 7.85. The molecule has 1 aliphatic carbocycles. The Labute approximate surface area is 136 Å². The van der Waals surface area contributed by atoms with Crippen molar-refractivity contribution in [3.05, 3.63) is 29.3 Å². The van der Waals surface area contributed by atoms with Gasteiger partial charge in [0, 0.05) is 33.5 Å². The number of nitrogens with zero attached hydrogens (tertiary/aromatic N) is 1. The van der Waals surface area contributed by atoms with E-state index in [0.29, 0.717) is 12.2 Å². The Balaban J connectivity index is 2.19. The Morgan fingerprint density at radius 1 is 1.39 bits per heavy atom. The summed E-state index contributed by atoms with van der Waals surface area (Å²) < 4.78 is 51.5. The molecule has 126 valence electrons. The van der Waals surface area contributed by atoms with Gasteiger partial charge in [-0.25, -0.2) is 0 Å². The molecule has 0 aromatic heterocycles. The lowest BCUT2D eigenvalue weighted by Gasteiger charge is -2.30. The van der Waals surface area contributed by atoms with Crippen molar-refractivity contribution in [2.45, 2.75) is 50.1 Å². The topological polar surface area (TPSA) is 52.9 Å². The van der Waals surface area contributed by atoms with E-state index < -0.39 is 22.5 Å². The molecule has 2 rings (SSSR count). The van der Waals surface area contributed by atoms with E-state index in [1.54, 1.807) is 6.07 Å². The quantitative estimate of drug-likeness (QED) is 0.896. The Hall–Kier alpha value is -1.55. The number of nitrogens with one attached hydrogen (secondary N) is 1. The fourth-order valence-corrected chi connectivity index (χ4v) is 4.29. The van der Waals surface area contributed by atoms with Crippen LogP contribution in [0.1, 0.15) is 43.7 Å². The normalized spacial score (nSPS) is 23.1. The average Bonchev–Trinajstić information content (AvgIpc) is 2.53. The van der Waals surface area contributed by atoms with Gasteiger partial charge in [-0.2, -0.15) is 18.4 Å². The van der Waals surface area contributed by atoms with Gasteiger partial charge in [0.1, 0.15) is 0 Å². The maximum Gasteiger partial charge on any atom is 0.418 e. The van der Waals surface area contributed by atoms with Gasteiger partial charge >= 0.3 is 6.18 Å². The summed E-state index contributed by atoms with van der Waals surface area (Å²) >= 11 is 0. The van der Waals surface area contributed by atoms with Gasteiger partial charge in [-0.3, -0.25) is 4.21 Å². The average molecular weight is 344 g/mol. The Bertz CT molecular complexity index is 625. The van der Waals surface area contributed by atoms with Gasteiger partial charge in [0.15, 0.2) is 0 Å². The molecule has 1 saturated carbocycles. The summed E-state index contributed by atoms with van der Waals surface area (Å²) in [5, 5.41) is 11.8. The van der Waals surface area contributed by atoms with Crippen molar-refractivity contribution in [2.24, 2.45) is 0 Å². The molecular formula is C16H19F3N2OS. The molecule has 0 amide bonds. The second-order valence-corrected chi connectivity index (χ2v) is 7.67. The number of hydrogen-bond donors (Lipinski definition) is 1. The molecule has 0 heterocycles. The van der Waals surface area contributed by atoms with Gasteiger partial charge in [-0.1, -0.05) is 13.3 Å². The van der Waals surface area contributed by atoms with Gasteiger partial charge in [-0.05, 0) is 37.5 Å². The molecule has 3 nitrogen and oxygen atoms in total. The molecule has 1 N–H and O–H groups in total. The molecule has 7 heteroatoms. The molecule has 0 bridgehead atoms. The smallest absolute Gasteiger partial charge is 0.382 e. The van der Waals surface area contributed by atoms with Crippen molar-refractivity contribution >= 4 is 16.5 Å². The largest absolute Gasteiger partial charge is 0.418 e. The lowest BCUT2D eigenvalue weighted by Crippen LogP contribution is -2.33. The molecule has 1 aromatic rings. The van der Waals surface area contributed by atoms with Crippen LogP contribution in [0.3, 0.4) is 0 Å². The number of rotatable bonds is 4. The minimum absolute atomic E-state index is 0.00979. The van der Waals surface area contributed by atoms with Gasteiger partial charge < -0.3 is 5.32 Å². The fourth-order valence-electron chi connectivity index (χ4n) is 2.94. The number of anilines is 1. The zero-order valence-electron chi connectivity index (χ0n) is 12.8. The molecule has 0 spiro atoms. The predicted molar refractivity (Wildman–Crippen MR) is 84.5 cm³/mol. The lowest BCUT2D eigenvalue weighted by molar-refractivity contribution is -0.137. The maximum absolute atomic E-state index is 13.2. The first-order chi connectivity index (χ1) is 10.8. The number of benzene rings is 1. The van der Waals surface area contributed by atoms with Crippen molar-refractivity contribution in [1.82, 2.24) is 0 Å². The standard InChI is InChI=1S/C16H19F3N2OS/c1-2-23(22)13-5-3-4-12(9-13)21-15-7-6-11(10-20)8-14(15)16(17,18)19/h6-8,12-13,21H,2-5,9H2,1H3. The predicted octanol–water partition coefficient (Wildman–Crippen LogP) is 4.07. The molecule has 0 saturated heterocycles. The van der Waals surface area contributed by atoms with E-state index in [9.17, 15) is 17.4 Å². The minimum Gasteiger partial charge on any atom is -0.382 e. The highest BCUT2D eigenvalue weighted by Gasteiger charge is 2.35. The van der Waals surface area contributed by atoms with Crippen LogP contribution in [0.25, 0.3) is 0 Å². The maximum atomic E-state index is 13.2. The van der Waals surface area contributed by atoms with E-state index in [1.807, 2.05) is 6.92 Å². The number of halogens is 3. The third-order valence-electron chi connectivity index (χ3n) is 4.10. The van der Waals surface area contributed by atoms with E-state index >= 15 is 0 Å². The second-order valence-electron chi connectivity index (χ2n) is 5.67. The Morgan fingerprint density at radius 3 is 2.74 bits per heavy atom. The number of alkyl halides is 3. The SMILES string of the molecule is CCS(=O)C1CCCC(Nc2ccc(C#N)cc2C(F)(F)F)C1. The second kappa shape index (κ2) is 7.35. The summed E-state index contributed by atoms with van der Waals surface area (Å²) in [6.45, 7) is 1.86. The van der Waals surface area contributed by atoms with Gasteiger partial charge in [0.2, 0.25) is 0 Å². The van der Waals surface area contributed by atoms with E-state index in [-0.39, 0.29) is 22.5 Å². The van der Waals surface area contributed by atoms with E-state index in [1.165, 1.54) is 12.1 Å². The zero-order chi connectivity index (χ0) is 17.0. The Morgan fingerprint density at radius 2 is 2.13 bits per heavy atom. The first-order valence-electron chi connectivity index (χ1n) is 7.60. The third-order valence-corrected chi connectivity index (χ3v) is 5.84. The van der Waals surface area contributed by atoms with Crippen LogP contribution in [0.4, 0.5) is 18.9 Å². The number of nitriles is 1. The molecule has 0 aliphatic heterocycles. The molecule has 3 unspecified atom stereocenters. The summed E-state index contributed by atoms with van der Waals surface area (Å²) in [4.78, 5) is 0. The summed E-state index contributed by atoms with van der Waals surface area (Å²) in [6.07, 6.45) is -1.44. The van der Waals surface area contributed by atoms with Crippen LogP contribution in [0.2, 0.25) is 0 Å². The van der Waals surface area contributed by atoms with Crippen molar-refractivity contribution in [1.29, 1.82) is 5.26 Å². The summed E-state index contributed by atoms with van der Waals surface area (Å²) in [6, 6.07) is 5.16. The van der Waals surface area contributed by atoms with Crippen molar-refractivity contribution < 1.29 is 17.4 Å². The summed E-state index contributed by atoms with van der Waals surface area (Å²) in [7, 11) is -0.925. The molecule has 1 aromatic carbocycles. The van der Waals surface area contributed by atoms with Crippen molar-refractivity contribution in [2.75, 3.05) is 11.1 Å². The van der Waals surface area contributed by atoms with Gasteiger partial charge in [0.25, 0.3) is 0 Å². The zero-order valence-corrected chi connectivity index (χ0v) is 13.6. The molecular weight excluding hydrogens is 325 g/mol. The lowest BCUT2D eigenvalue weighted by atomic mass is 9.94. The van der Waals surface area contributed by atoms with E-state index in [4.69, 9.17) is 5.26 Å². The summed E-state index contributed by atoms with van der Waals surface area (Å²) in [5.74, 6) is 0.571. The minimum atomic E-state index is -4.52. The van der Waals surface area contributed by atoms with Gasteiger partial charge in [-0.15, -0.1) is 0 Å². The first-order valence-corrected chi connectivity index (χ1v) is 8.98. The van der Waals surface area contributed by atoms with Crippen LogP contribution in [-0.2, 0) is 17.0 Å². The van der Waals surface area contributed by atoms with Crippen LogP contribution >= 0.6 is 0 Å². The van der Waals surface area contributed by atoms with Crippen LogP contribution in [0.15, 0.2) is 18.2 Å². The van der Waals surface area contributed by atoms with Crippen LogP contribution in [0.5, 0.6) is 0 Å². The number of hydrogen-bond acceptors (Lipinski definition) is 3. The van der Waals surface area contributed by atoms with Crippen molar-refractivity contribution in [3.63, 3.8) is 0 Å². The van der Waals surface area contributed by atoms with Gasteiger partial charge in [0.05, 0.1) is 17.2 Å². The monoisotopic (exact) mass is 344 g/mol. The third kappa shape index (κ3) is 4.47. The fraction of sp³-hybridized carbons (Fsp3) is 0.562. The van der Waals surface area contributed by atoms with E-state index in [2.05, 4.69) is 5.32 Å². The Kier molecular flexibility index (Phi) is 5.69. The molecule has 3 atom stereocenters. The van der Waals surface area contributed by atoms with Crippen LogP contribution < -0.4 is 5.32 Å². The van der Waals surface area contributed by atoms with Crippen molar-refractivity contribution in [3.8, 4) is 6.07 Å². The summed E-state index contributed by atoms with van der Waals surface area (Å²) in [5.41, 5.74) is -0.851. The first kappa shape index (κ1) is 17.8. The molecule has 1 fully saturated rings. The molecule has 0 radical (unpaired) electrons. The van der Waals surface area contributed by atoms with Crippen LogP contribution in [0, 0.1) is 11.3 Å². The molecule has 1 aliphatic rings. The molecule has 23 heavy (non-hydrogen) atoms.